The molecule has 106 valence electrons. The molecule has 0 aliphatic carbocycles. The average Bonchev–Trinajstić information content (AvgIpc) is 2.30. The first-order valence-corrected chi connectivity index (χ1v) is 5.91. The lowest BCUT2D eigenvalue weighted by molar-refractivity contribution is -0.275. The Morgan fingerprint density at radius 1 is 1.47 bits per heavy atom. The number of alkyl halides is 4. The van der Waals surface area contributed by atoms with Gasteiger partial charge in [-0.1, -0.05) is 0 Å². The number of rotatable bonds is 4. The minimum absolute atomic E-state index is 0.249. The summed E-state index contributed by atoms with van der Waals surface area (Å²) in [5, 5.41) is 0. The van der Waals surface area contributed by atoms with Crippen LogP contribution in [0.25, 0.3) is 0 Å². The summed E-state index contributed by atoms with van der Waals surface area (Å²) < 4.78 is 57.9. The average molecular weight is 393 g/mol. The van der Waals surface area contributed by atoms with Crippen LogP contribution in [0.2, 0.25) is 0 Å². The van der Waals surface area contributed by atoms with Gasteiger partial charge in [-0.3, -0.25) is 4.79 Å². The maximum absolute atomic E-state index is 12.7. The molecule has 0 radical (unpaired) electrons. The van der Waals surface area contributed by atoms with Crippen molar-refractivity contribution in [2.24, 2.45) is 0 Å². The molecule has 1 rings (SSSR count). The van der Waals surface area contributed by atoms with Crippen molar-refractivity contribution in [2.75, 3.05) is 7.11 Å². The normalized spacial score (nSPS) is 11.3. The Balaban J connectivity index is 3.25. The summed E-state index contributed by atoms with van der Waals surface area (Å²) in [4.78, 5) is 14.9. The van der Waals surface area contributed by atoms with Crippen LogP contribution in [0.15, 0.2) is 6.07 Å². The van der Waals surface area contributed by atoms with Gasteiger partial charge in [0.2, 0.25) is 0 Å². The van der Waals surface area contributed by atoms with Crippen LogP contribution in [0.4, 0.5) is 17.6 Å². The minimum Gasteiger partial charge on any atom is -0.469 e. The van der Waals surface area contributed by atoms with E-state index >= 15 is 0 Å². The molecule has 4 nitrogen and oxygen atoms in total. The van der Waals surface area contributed by atoms with Crippen LogP contribution in [0.3, 0.4) is 0 Å². The predicted molar refractivity (Wildman–Crippen MR) is 64.2 cm³/mol. The zero-order valence-corrected chi connectivity index (χ0v) is 11.7. The lowest BCUT2D eigenvalue weighted by atomic mass is 10.2. The van der Waals surface area contributed by atoms with Gasteiger partial charge in [-0.15, -0.1) is 13.2 Å². The first-order valence-electron chi connectivity index (χ1n) is 4.83. The number of carbonyl (C=O) groups excluding carboxylic acids is 1. The zero-order chi connectivity index (χ0) is 14.6. The van der Waals surface area contributed by atoms with Gasteiger partial charge >= 0.3 is 12.3 Å². The Hall–Kier alpha value is -1.13. The van der Waals surface area contributed by atoms with Gasteiger partial charge in [0.15, 0.2) is 5.75 Å². The summed E-state index contributed by atoms with van der Waals surface area (Å²) >= 11 is 1.70. The fourth-order valence-electron chi connectivity index (χ4n) is 1.27. The van der Waals surface area contributed by atoms with Gasteiger partial charge in [-0.05, 0) is 28.7 Å². The van der Waals surface area contributed by atoms with Gasteiger partial charge in [-0.25, -0.2) is 9.37 Å². The van der Waals surface area contributed by atoms with Crippen LogP contribution >= 0.6 is 22.6 Å². The Morgan fingerprint density at radius 2 is 2.11 bits per heavy atom. The zero-order valence-electron chi connectivity index (χ0n) is 9.55. The number of hydrogen-bond acceptors (Lipinski definition) is 4. The summed E-state index contributed by atoms with van der Waals surface area (Å²) in [5.74, 6) is -1.59. The van der Waals surface area contributed by atoms with E-state index in [1.807, 2.05) is 0 Å². The molecule has 19 heavy (non-hydrogen) atoms. The molecule has 0 saturated carbocycles. The Morgan fingerprint density at radius 3 is 2.58 bits per heavy atom. The third kappa shape index (κ3) is 4.80. The highest BCUT2D eigenvalue weighted by molar-refractivity contribution is 14.1. The summed E-state index contributed by atoms with van der Waals surface area (Å²) in [7, 11) is 1.08. The minimum atomic E-state index is -5.00. The first kappa shape index (κ1) is 15.9. The fourth-order valence-corrected chi connectivity index (χ4v) is 1.94. The molecule has 0 aromatic carbocycles. The van der Waals surface area contributed by atoms with E-state index in [-0.39, 0.29) is 15.0 Å². The molecule has 0 N–H and O–H groups in total. The molecule has 9 heteroatoms. The topological polar surface area (TPSA) is 48.4 Å². The largest absolute Gasteiger partial charge is 0.573 e. The maximum atomic E-state index is 12.7. The van der Waals surface area contributed by atoms with Crippen molar-refractivity contribution in [1.29, 1.82) is 0 Å². The second-order valence-corrected chi connectivity index (χ2v) is 4.42. The summed E-state index contributed by atoms with van der Waals surface area (Å²) in [6, 6.07) is 1.11. The van der Waals surface area contributed by atoms with Crippen molar-refractivity contribution < 1.29 is 31.8 Å². The number of pyridine rings is 1. The van der Waals surface area contributed by atoms with E-state index in [4.69, 9.17) is 0 Å². The van der Waals surface area contributed by atoms with Crippen molar-refractivity contribution in [3.05, 3.63) is 21.0 Å². The van der Waals surface area contributed by atoms with Gasteiger partial charge in [0.25, 0.3) is 0 Å². The first-order chi connectivity index (χ1) is 8.76. The fraction of sp³-hybridized carbons (Fsp3) is 0.400. The van der Waals surface area contributed by atoms with Crippen LogP contribution in [0, 0.1) is 3.70 Å². The summed E-state index contributed by atoms with van der Waals surface area (Å²) in [6.07, 6.45) is -5.53. The quantitative estimate of drug-likeness (QED) is 0.342. The molecule has 1 heterocycles. The second kappa shape index (κ2) is 6.35. The molecule has 0 atom stereocenters. The van der Waals surface area contributed by atoms with Crippen molar-refractivity contribution in [3.8, 4) is 5.75 Å². The molecule has 0 unspecified atom stereocenters. The highest BCUT2D eigenvalue weighted by Gasteiger charge is 2.34. The van der Waals surface area contributed by atoms with E-state index in [0.717, 1.165) is 13.2 Å². The number of carbonyl (C=O) groups is 1. The number of methoxy groups -OCH3 is 1. The number of nitrogens with zero attached hydrogens (tertiary/aromatic N) is 1. The Bertz CT molecular complexity index is 479. The number of aromatic nitrogens is 1. The van der Waals surface area contributed by atoms with Crippen molar-refractivity contribution >= 4 is 28.6 Å². The molecular formula is C10H8F4INO3. The van der Waals surface area contributed by atoms with Crippen molar-refractivity contribution in [1.82, 2.24) is 4.98 Å². The number of halogens is 5. The van der Waals surface area contributed by atoms with E-state index in [9.17, 15) is 22.4 Å². The molecule has 1 aromatic heterocycles. The smallest absolute Gasteiger partial charge is 0.469 e. The van der Waals surface area contributed by atoms with Crippen LogP contribution in [-0.2, 0) is 22.6 Å². The van der Waals surface area contributed by atoms with Crippen LogP contribution in [0.5, 0.6) is 5.75 Å². The predicted octanol–water partition coefficient (Wildman–Crippen LogP) is 2.77. The second-order valence-electron chi connectivity index (χ2n) is 3.31. The Kier molecular flexibility index (Phi) is 5.32. The van der Waals surface area contributed by atoms with E-state index in [2.05, 4.69) is 14.5 Å². The van der Waals surface area contributed by atoms with Crippen molar-refractivity contribution in [3.63, 3.8) is 0 Å². The summed E-state index contributed by atoms with van der Waals surface area (Å²) in [5.41, 5.74) is -0.639. The highest BCUT2D eigenvalue weighted by Crippen LogP contribution is 2.31. The standard InChI is InChI=1S/C10H8F4INO3/c1-18-8(17)3-6-9(19-10(12,13)14)5(4-11)2-7(15)16-6/h2H,3-4H2,1H3. The molecule has 0 aliphatic heterocycles. The van der Waals surface area contributed by atoms with E-state index in [1.165, 1.54) is 0 Å². The number of hydrogen-bond donors (Lipinski definition) is 0. The van der Waals surface area contributed by atoms with Gasteiger partial charge in [0.05, 0.1) is 19.2 Å². The summed E-state index contributed by atoms with van der Waals surface area (Å²) in [6.45, 7) is -1.17. The lowest BCUT2D eigenvalue weighted by Crippen LogP contribution is -2.21. The van der Waals surface area contributed by atoms with Gasteiger partial charge < -0.3 is 9.47 Å². The number of esters is 1. The van der Waals surface area contributed by atoms with E-state index in [1.54, 1.807) is 22.6 Å². The van der Waals surface area contributed by atoms with Gasteiger partial charge in [-0.2, -0.15) is 0 Å². The van der Waals surface area contributed by atoms with Crippen LogP contribution in [-0.4, -0.2) is 24.4 Å². The number of ether oxygens (including phenoxy) is 2. The molecule has 1 aromatic rings. The molecular weight excluding hydrogens is 385 g/mol. The maximum Gasteiger partial charge on any atom is 0.573 e. The molecule has 0 aliphatic rings. The Labute approximate surface area is 119 Å². The third-order valence-electron chi connectivity index (χ3n) is 1.99. The van der Waals surface area contributed by atoms with Crippen LogP contribution in [0.1, 0.15) is 11.3 Å². The molecule has 0 fully saturated rings. The molecule has 0 saturated heterocycles. The lowest BCUT2D eigenvalue weighted by Gasteiger charge is -2.15. The highest BCUT2D eigenvalue weighted by atomic mass is 127. The van der Waals surface area contributed by atoms with Crippen LogP contribution < -0.4 is 4.74 Å². The molecule has 0 spiro atoms. The van der Waals surface area contributed by atoms with E-state index in [0.29, 0.717) is 0 Å². The molecule has 0 bridgehead atoms. The monoisotopic (exact) mass is 393 g/mol. The SMILES string of the molecule is COC(=O)Cc1nc(I)cc(CF)c1OC(F)(F)F. The third-order valence-corrected chi connectivity index (χ3v) is 2.54. The molecule has 0 amide bonds. The van der Waals surface area contributed by atoms with Gasteiger partial charge in [0, 0.05) is 5.56 Å². The van der Waals surface area contributed by atoms with E-state index < -0.39 is 31.2 Å². The van der Waals surface area contributed by atoms with Gasteiger partial charge in [0.1, 0.15) is 10.4 Å². The van der Waals surface area contributed by atoms with Crippen molar-refractivity contribution in [2.45, 2.75) is 19.5 Å².